The van der Waals surface area contributed by atoms with Gasteiger partial charge in [-0.25, -0.2) is 8.42 Å². The van der Waals surface area contributed by atoms with Gasteiger partial charge in [-0.05, 0) is 74.2 Å². The van der Waals surface area contributed by atoms with E-state index in [9.17, 15) is 18.0 Å². The third-order valence-electron chi connectivity index (χ3n) is 7.40. The van der Waals surface area contributed by atoms with Crippen LogP contribution in [0.5, 0.6) is 0 Å². The standard InChI is InChI=1S/C31H35N5O4S/c1-20-8-12-25(13-9-20)41(39,40)35-24-11-10-21-14-15-36(19-23(21)16-24)29(37)28(34-30(38)31(2,3)32)17-22-18-33-27-7-5-4-6-26(22)27/h4-13,16,18,28,33,35H,14-15,17,19,32H2,1-3H3,(H,34,38). The second-order valence-corrected chi connectivity index (χ2v) is 12.9. The van der Waals surface area contributed by atoms with Crippen molar-refractivity contribution in [3.05, 3.63) is 95.2 Å². The Morgan fingerprint density at radius 2 is 1.78 bits per heavy atom. The molecule has 1 aliphatic rings. The Kier molecular flexibility index (Phi) is 7.63. The number of hydrogen-bond donors (Lipinski definition) is 4. The molecule has 0 radical (unpaired) electrons. The molecule has 1 aliphatic heterocycles. The predicted octanol–water partition coefficient (Wildman–Crippen LogP) is 3.63. The van der Waals surface area contributed by atoms with Gasteiger partial charge < -0.3 is 20.9 Å². The van der Waals surface area contributed by atoms with Gasteiger partial charge in [-0.2, -0.15) is 0 Å². The van der Waals surface area contributed by atoms with Crippen LogP contribution in [-0.2, 0) is 39.0 Å². The molecule has 0 bridgehead atoms. The second kappa shape index (κ2) is 11.0. The van der Waals surface area contributed by atoms with Gasteiger partial charge in [0.2, 0.25) is 11.8 Å². The van der Waals surface area contributed by atoms with E-state index in [2.05, 4.69) is 15.0 Å². The zero-order valence-corrected chi connectivity index (χ0v) is 24.2. The Hall–Kier alpha value is -4.15. The van der Waals surface area contributed by atoms with E-state index >= 15 is 0 Å². The predicted molar refractivity (Wildman–Crippen MR) is 160 cm³/mol. The van der Waals surface area contributed by atoms with E-state index in [-0.39, 0.29) is 10.8 Å². The average Bonchev–Trinajstić information content (AvgIpc) is 3.34. The van der Waals surface area contributed by atoms with Crippen molar-refractivity contribution in [2.45, 2.75) is 56.6 Å². The molecule has 10 heteroatoms. The van der Waals surface area contributed by atoms with Crippen molar-refractivity contribution in [2.24, 2.45) is 5.73 Å². The quantitative estimate of drug-likeness (QED) is 0.255. The molecule has 1 unspecified atom stereocenters. The van der Waals surface area contributed by atoms with Crippen LogP contribution in [0.2, 0.25) is 0 Å². The monoisotopic (exact) mass is 573 g/mol. The van der Waals surface area contributed by atoms with Gasteiger partial charge in [0.15, 0.2) is 0 Å². The number of aromatic nitrogens is 1. The van der Waals surface area contributed by atoms with Crippen LogP contribution < -0.4 is 15.8 Å². The van der Waals surface area contributed by atoms with E-state index < -0.39 is 27.5 Å². The summed E-state index contributed by atoms with van der Waals surface area (Å²) in [6, 6.07) is 19.0. The van der Waals surface area contributed by atoms with Gasteiger partial charge in [-0.1, -0.05) is 42.0 Å². The summed E-state index contributed by atoms with van der Waals surface area (Å²) in [6.45, 7) is 5.87. The van der Waals surface area contributed by atoms with Crippen LogP contribution in [0.4, 0.5) is 5.69 Å². The molecule has 0 aliphatic carbocycles. The first-order chi connectivity index (χ1) is 19.4. The number of nitrogens with zero attached hydrogens (tertiary/aromatic N) is 1. The maximum absolute atomic E-state index is 13.9. The summed E-state index contributed by atoms with van der Waals surface area (Å²) in [5, 5.41) is 3.87. The second-order valence-electron chi connectivity index (χ2n) is 11.2. The first-order valence-electron chi connectivity index (χ1n) is 13.6. The number of carbonyl (C=O) groups excluding carboxylic acids is 2. The smallest absolute Gasteiger partial charge is 0.261 e. The summed E-state index contributed by atoms with van der Waals surface area (Å²) in [4.78, 5) is 31.9. The molecular weight excluding hydrogens is 538 g/mol. The van der Waals surface area contributed by atoms with E-state index in [0.717, 1.165) is 33.2 Å². The van der Waals surface area contributed by atoms with Crippen LogP contribution in [0, 0.1) is 6.92 Å². The van der Waals surface area contributed by atoms with Crippen molar-refractivity contribution in [3.63, 3.8) is 0 Å². The van der Waals surface area contributed by atoms with Crippen LogP contribution >= 0.6 is 0 Å². The number of para-hydroxylation sites is 1. The molecule has 41 heavy (non-hydrogen) atoms. The summed E-state index contributed by atoms with van der Waals surface area (Å²) in [5.74, 6) is -0.634. The van der Waals surface area contributed by atoms with Crippen molar-refractivity contribution < 1.29 is 18.0 Å². The molecule has 9 nitrogen and oxygen atoms in total. The van der Waals surface area contributed by atoms with Crippen molar-refractivity contribution in [1.82, 2.24) is 15.2 Å². The van der Waals surface area contributed by atoms with Crippen molar-refractivity contribution in [1.29, 1.82) is 0 Å². The molecule has 0 spiro atoms. The molecule has 3 aromatic carbocycles. The van der Waals surface area contributed by atoms with Gasteiger partial charge in [-0.15, -0.1) is 0 Å². The minimum Gasteiger partial charge on any atom is -0.361 e. The van der Waals surface area contributed by atoms with E-state index in [0.29, 0.717) is 31.6 Å². The van der Waals surface area contributed by atoms with Crippen LogP contribution in [0.3, 0.4) is 0 Å². The fraction of sp³-hybridized carbons (Fsp3) is 0.290. The van der Waals surface area contributed by atoms with Gasteiger partial charge in [0, 0.05) is 42.3 Å². The molecule has 5 N–H and O–H groups in total. The first kappa shape index (κ1) is 28.4. The molecule has 0 saturated heterocycles. The molecule has 0 fully saturated rings. The Balaban J connectivity index is 1.37. The highest BCUT2D eigenvalue weighted by molar-refractivity contribution is 7.92. The Morgan fingerprint density at radius 3 is 2.51 bits per heavy atom. The summed E-state index contributed by atoms with van der Waals surface area (Å²) in [6.07, 6.45) is 2.77. The van der Waals surface area contributed by atoms with E-state index in [1.165, 1.54) is 0 Å². The molecule has 1 atom stereocenters. The number of nitrogens with two attached hydrogens (primary N) is 1. The number of rotatable bonds is 8. The largest absolute Gasteiger partial charge is 0.361 e. The molecular formula is C31H35N5O4S. The maximum Gasteiger partial charge on any atom is 0.261 e. The summed E-state index contributed by atoms with van der Waals surface area (Å²) >= 11 is 0. The fourth-order valence-electron chi connectivity index (χ4n) is 5.03. The van der Waals surface area contributed by atoms with Gasteiger partial charge in [-0.3, -0.25) is 14.3 Å². The Morgan fingerprint density at radius 1 is 1.05 bits per heavy atom. The molecule has 0 saturated carbocycles. The lowest BCUT2D eigenvalue weighted by molar-refractivity contribution is -0.138. The summed E-state index contributed by atoms with van der Waals surface area (Å²) in [5.41, 5.74) is 10.1. The number of H-pyrrole nitrogens is 1. The fourth-order valence-corrected chi connectivity index (χ4v) is 6.07. The van der Waals surface area contributed by atoms with Crippen LogP contribution in [0.1, 0.15) is 36.1 Å². The zero-order valence-electron chi connectivity index (χ0n) is 23.4. The highest BCUT2D eigenvalue weighted by Gasteiger charge is 2.32. The number of aryl methyl sites for hydroxylation is 1. The van der Waals surface area contributed by atoms with Crippen molar-refractivity contribution in [2.75, 3.05) is 11.3 Å². The lowest BCUT2D eigenvalue weighted by atomic mass is 9.97. The average molecular weight is 574 g/mol. The molecule has 4 aromatic rings. The third kappa shape index (κ3) is 6.28. The minimum atomic E-state index is -3.77. The summed E-state index contributed by atoms with van der Waals surface area (Å²) in [7, 11) is -3.77. The zero-order chi connectivity index (χ0) is 29.4. The van der Waals surface area contributed by atoms with E-state index in [1.54, 1.807) is 55.1 Å². The SMILES string of the molecule is Cc1ccc(S(=O)(=O)Nc2ccc3c(c2)CN(C(=O)C(Cc2c[nH]c4ccccc24)NC(=O)C(C)(C)N)CC3)cc1. The maximum atomic E-state index is 13.9. The molecule has 214 valence electrons. The highest BCUT2D eigenvalue weighted by Crippen LogP contribution is 2.26. The number of nitrogens with one attached hydrogen (secondary N) is 3. The lowest BCUT2D eigenvalue weighted by Gasteiger charge is -2.33. The van der Waals surface area contributed by atoms with Crippen LogP contribution in [-0.4, -0.2) is 48.2 Å². The van der Waals surface area contributed by atoms with Gasteiger partial charge in [0.25, 0.3) is 10.0 Å². The number of amides is 2. The molecule has 5 rings (SSSR count). The third-order valence-corrected chi connectivity index (χ3v) is 8.80. The topological polar surface area (TPSA) is 137 Å². The number of carbonyl (C=O) groups is 2. The highest BCUT2D eigenvalue weighted by atomic mass is 32.2. The van der Waals surface area contributed by atoms with Crippen molar-refractivity contribution >= 4 is 38.4 Å². The number of anilines is 1. The number of benzene rings is 3. The van der Waals surface area contributed by atoms with E-state index in [4.69, 9.17) is 5.73 Å². The normalized spacial score (nSPS) is 14.4. The van der Waals surface area contributed by atoms with Crippen LogP contribution in [0.15, 0.2) is 77.8 Å². The first-order valence-corrected chi connectivity index (χ1v) is 15.0. The van der Waals surface area contributed by atoms with Crippen LogP contribution in [0.25, 0.3) is 10.9 Å². The lowest BCUT2D eigenvalue weighted by Crippen LogP contribution is -2.57. The number of aromatic amines is 1. The number of hydrogen-bond acceptors (Lipinski definition) is 5. The number of sulfonamides is 1. The van der Waals surface area contributed by atoms with Gasteiger partial charge in [0.1, 0.15) is 6.04 Å². The Bertz CT molecular complexity index is 1700. The number of fused-ring (bicyclic) bond motifs is 2. The molecule has 2 amide bonds. The van der Waals surface area contributed by atoms with Gasteiger partial charge in [0.05, 0.1) is 10.4 Å². The molecule has 2 heterocycles. The minimum absolute atomic E-state index is 0.177. The Labute approximate surface area is 240 Å². The van der Waals surface area contributed by atoms with E-state index in [1.807, 2.05) is 43.5 Å². The van der Waals surface area contributed by atoms with Crippen molar-refractivity contribution in [3.8, 4) is 0 Å². The van der Waals surface area contributed by atoms with Gasteiger partial charge >= 0.3 is 0 Å². The summed E-state index contributed by atoms with van der Waals surface area (Å²) < 4.78 is 28.5. The molecule has 1 aromatic heterocycles.